The number of benzene rings is 6. The fourth-order valence-corrected chi connectivity index (χ4v) is 6.22. The van der Waals surface area contributed by atoms with Crippen molar-refractivity contribution in [3.63, 3.8) is 0 Å². The summed E-state index contributed by atoms with van der Waals surface area (Å²) in [5.41, 5.74) is 2.72. The first-order chi connectivity index (χ1) is 25.4. The normalized spacial score (nSPS) is 12.4. The Labute approximate surface area is 307 Å². The highest BCUT2D eigenvalue weighted by Gasteiger charge is 2.53. The number of ketones is 2. The molecule has 0 saturated heterocycles. The third-order valence-corrected chi connectivity index (χ3v) is 9.44. The molecule has 0 bridgehead atoms. The molecule has 8 heteroatoms. The number of halogens is 3. The minimum absolute atomic E-state index is 0.0248. The van der Waals surface area contributed by atoms with E-state index in [4.69, 9.17) is 4.74 Å². The van der Waals surface area contributed by atoms with E-state index in [0.29, 0.717) is 40.3 Å². The van der Waals surface area contributed by atoms with Crippen LogP contribution in [0.2, 0.25) is 0 Å². The smallest absolute Gasteiger partial charge is 0.402 e. The van der Waals surface area contributed by atoms with Gasteiger partial charge in [-0.05, 0) is 127 Å². The molecule has 1 atom stereocenters. The number of carbonyl (C=O) groups is 2. The van der Waals surface area contributed by atoms with Gasteiger partial charge in [0.15, 0.2) is 11.6 Å². The Bertz CT molecular complexity index is 2200. The summed E-state index contributed by atoms with van der Waals surface area (Å²) in [5, 5.41) is 6.63. The van der Waals surface area contributed by atoms with Gasteiger partial charge in [0.1, 0.15) is 16.9 Å². The van der Waals surface area contributed by atoms with E-state index >= 15 is 13.2 Å². The Hall–Kier alpha value is -6.15. The number of carbonyl (C=O) groups excluding carboxylic acids is 2. The average molecular weight is 713 g/mol. The number of hydrogen-bond donors (Lipinski definition) is 2. The second-order valence-corrected chi connectivity index (χ2v) is 13.0. The number of alkyl halides is 3. The lowest BCUT2D eigenvalue weighted by Crippen LogP contribution is -2.40. The summed E-state index contributed by atoms with van der Waals surface area (Å²) in [7, 11) is 0. The maximum atomic E-state index is 15.4. The largest absolute Gasteiger partial charge is 0.457 e. The molecule has 6 rings (SSSR count). The number of rotatable bonds is 13. The molecule has 2 N–H and O–H groups in total. The van der Waals surface area contributed by atoms with Crippen molar-refractivity contribution in [3.8, 4) is 11.5 Å². The van der Waals surface area contributed by atoms with Crippen LogP contribution in [0.25, 0.3) is 0 Å². The van der Waals surface area contributed by atoms with Crippen LogP contribution in [0.3, 0.4) is 0 Å². The SMILES string of the molecule is CCc1cc(C(C)(c2ccc(Nc3ccccc3)c(CC(=O)c3ccc(Oc4ccc(C(C)=O)cc4)cc3)c2)C(F)(F)F)ccc1Nc1ccccc1. The summed E-state index contributed by atoms with van der Waals surface area (Å²) in [5.74, 6) is 0.701. The molecule has 0 aliphatic heterocycles. The first kappa shape index (κ1) is 36.6. The Morgan fingerprint density at radius 2 is 1.06 bits per heavy atom. The fourth-order valence-electron chi connectivity index (χ4n) is 6.22. The summed E-state index contributed by atoms with van der Waals surface area (Å²) in [6.07, 6.45) is -4.29. The molecule has 268 valence electrons. The quantitative estimate of drug-likeness (QED) is 0.117. The Morgan fingerprint density at radius 1 is 0.604 bits per heavy atom. The zero-order valence-corrected chi connectivity index (χ0v) is 29.6. The predicted octanol–water partition coefficient (Wildman–Crippen LogP) is 12.0. The number of hydrogen-bond acceptors (Lipinski definition) is 5. The summed E-state index contributed by atoms with van der Waals surface area (Å²) >= 11 is 0. The number of nitrogens with one attached hydrogen (secondary N) is 2. The van der Waals surface area contributed by atoms with Crippen LogP contribution in [0, 0.1) is 0 Å². The second kappa shape index (κ2) is 15.6. The molecular weight excluding hydrogens is 674 g/mol. The van der Waals surface area contributed by atoms with Crippen LogP contribution in [0.5, 0.6) is 11.5 Å². The van der Waals surface area contributed by atoms with Gasteiger partial charge in [-0.2, -0.15) is 13.2 Å². The molecule has 0 fully saturated rings. The van der Waals surface area contributed by atoms with Gasteiger partial charge in [0, 0.05) is 40.3 Å². The van der Waals surface area contributed by atoms with Crippen LogP contribution in [-0.4, -0.2) is 17.7 Å². The first-order valence-corrected chi connectivity index (χ1v) is 17.3. The van der Waals surface area contributed by atoms with Gasteiger partial charge in [-0.15, -0.1) is 0 Å². The van der Waals surface area contributed by atoms with Gasteiger partial charge in [-0.3, -0.25) is 9.59 Å². The molecule has 0 saturated carbocycles. The topological polar surface area (TPSA) is 67.4 Å². The molecular formula is C45H39F3N2O3. The third-order valence-electron chi connectivity index (χ3n) is 9.44. The van der Waals surface area contributed by atoms with Gasteiger partial charge in [0.25, 0.3) is 0 Å². The summed E-state index contributed by atoms with van der Waals surface area (Å²) < 4.78 is 52.1. The highest BCUT2D eigenvalue weighted by molar-refractivity contribution is 5.98. The van der Waals surface area contributed by atoms with Crippen molar-refractivity contribution in [1.29, 1.82) is 0 Å². The van der Waals surface area contributed by atoms with Gasteiger partial charge in [0.05, 0.1) is 0 Å². The number of aryl methyl sites for hydroxylation is 1. The van der Waals surface area contributed by atoms with E-state index in [2.05, 4.69) is 10.6 Å². The lowest BCUT2D eigenvalue weighted by Gasteiger charge is -2.34. The number of anilines is 4. The van der Waals surface area contributed by atoms with Crippen molar-refractivity contribution in [3.05, 3.63) is 179 Å². The lowest BCUT2D eigenvalue weighted by atomic mass is 9.74. The minimum Gasteiger partial charge on any atom is -0.457 e. The highest BCUT2D eigenvalue weighted by atomic mass is 19.4. The fraction of sp³-hybridized carbons (Fsp3) is 0.156. The predicted molar refractivity (Wildman–Crippen MR) is 205 cm³/mol. The molecule has 0 radical (unpaired) electrons. The Morgan fingerprint density at radius 3 is 1.51 bits per heavy atom. The molecule has 53 heavy (non-hydrogen) atoms. The lowest BCUT2D eigenvalue weighted by molar-refractivity contribution is -0.173. The van der Waals surface area contributed by atoms with Crippen LogP contribution < -0.4 is 15.4 Å². The zero-order valence-electron chi connectivity index (χ0n) is 29.6. The summed E-state index contributed by atoms with van der Waals surface area (Å²) in [4.78, 5) is 25.4. The van der Waals surface area contributed by atoms with Crippen molar-refractivity contribution >= 4 is 34.3 Å². The second-order valence-electron chi connectivity index (χ2n) is 13.0. The maximum Gasteiger partial charge on any atom is 0.402 e. The Kier molecular flexibility index (Phi) is 10.8. The third kappa shape index (κ3) is 8.33. The van der Waals surface area contributed by atoms with E-state index in [1.54, 1.807) is 66.7 Å². The van der Waals surface area contributed by atoms with Crippen LogP contribution in [0.4, 0.5) is 35.9 Å². The molecule has 6 aromatic rings. The number of Topliss-reactive ketones (excluding diaryl/α,β-unsaturated/α-hetero) is 2. The number of para-hydroxylation sites is 2. The monoisotopic (exact) mass is 712 g/mol. The molecule has 5 nitrogen and oxygen atoms in total. The maximum absolute atomic E-state index is 15.4. The molecule has 0 aliphatic carbocycles. The number of ether oxygens (including phenoxy) is 1. The van der Waals surface area contributed by atoms with Crippen molar-refractivity contribution in [2.75, 3.05) is 10.6 Å². The van der Waals surface area contributed by atoms with Crippen molar-refractivity contribution in [1.82, 2.24) is 0 Å². The first-order valence-electron chi connectivity index (χ1n) is 17.3. The minimum atomic E-state index is -4.66. The summed E-state index contributed by atoms with van der Waals surface area (Å²) in [6.45, 7) is 4.60. The van der Waals surface area contributed by atoms with Crippen LogP contribution in [-0.2, 0) is 18.3 Å². The van der Waals surface area contributed by atoms with Crippen molar-refractivity contribution in [2.45, 2.75) is 45.2 Å². The van der Waals surface area contributed by atoms with Gasteiger partial charge in [0.2, 0.25) is 0 Å². The molecule has 0 heterocycles. The standard InChI is InChI=1S/C45H39F3N2O3/c1-4-31-27-35(19-25-41(31)49-37-11-7-5-8-12-37)44(3,45(46,47)48)36-20-26-42(50-38-13-9-6-10-14-38)34(28-36)29-43(52)33-17-23-40(24-18-33)53-39-21-15-32(16-22-39)30(2)51/h5-28,49-50H,4,29H2,1-3H3. The van der Waals surface area contributed by atoms with E-state index < -0.39 is 11.6 Å². The van der Waals surface area contributed by atoms with Gasteiger partial charge in [-0.1, -0.05) is 67.6 Å². The average Bonchev–Trinajstić information content (AvgIpc) is 3.16. The summed E-state index contributed by atoms with van der Waals surface area (Å²) in [6, 6.07) is 41.6. The Balaban J connectivity index is 1.32. The van der Waals surface area contributed by atoms with E-state index in [1.165, 1.54) is 32.0 Å². The molecule has 0 amide bonds. The van der Waals surface area contributed by atoms with E-state index in [0.717, 1.165) is 22.6 Å². The van der Waals surface area contributed by atoms with Gasteiger partial charge >= 0.3 is 6.18 Å². The van der Waals surface area contributed by atoms with Gasteiger partial charge in [-0.25, -0.2) is 0 Å². The van der Waals surface area contributed by atoms with Gasteiger partial charge < -0.3 is 15.4 Å². The van der Waals surface area contributed by atoms with Crippen molar-refractivity contribution in [2.24, 2.45) is 0 Å². The van der Waals surface area contributed by atoms with E-state index in [9.17, 15) is 9.59 Å². The molecule has 1 unspecified atom stereocenters. The highest BCUT2D eigenvalue weighted by Crippen LogP contribution is 2.48. The molecule has 6 aromatic carbocycles. The molecule has 0 aliphatic rings. The van der Waals surface area contributed by atoms with Crippen molar-refractivity contribution < 1.29 is 27.5 Å². The van der Waals surface area contributed by atoms with Crippen LogP contribution in [0.15, 0.2) is 146 Å². The van der Waals surface area contributed by atoms with Crippen LogP contribution >= 0.6 is 0 Å². The molecule has 0 aromatic heterocycles. The van der Waals surface area contributed by atoms with E-state index in [1.807, 2.05) is 67.6 Å². The molecule has 0 spiro atoms. The van der Waals surface area contributed by atoms with E-state index in [-0.39, 0.29) is 29.1 Å². The zero-order chi connectivity index (χ0) is 37.6. The van der Waals surface area contributed by atoms with Crippen LogP contribution in [0.1, 0.15) is 63.7 Å².